The van der Waals surface area contributed by atoms with Crippen molar-refractivity contribution in [3.63, 3.8) is 0 Å². The molecule has 2 heterocycles. The van der Waals surface area contributed by atoms with Crippen molar-refractivity contribution in [2.24, 2.45) is 5.16 Å². The number of amidine groups is 1. The largest absolute Gasteiger partial charge is 0.483 e. The van der Waals surface area contributed by atoms with Gasteiger partial charge in [0.2, 0.25) is 5.91 Å². The Morgan fingerprint density at radius 1 is 1.41 bits per heavy atom. The van der Waals surface area contributed by atoms with Gasteiger partial charge >= 0.3 is 6.09 Å². The van der Waals surface area contributed by atoms with E-state index in [0.29, 0.717) is 30.4 Å². The second-order valence-corrected chi connectivity index (χ2v) is 7.20. The van der Waals surface area contributed by atoms with Gasteiger partial charge < -0.3 is 29.4 Å². The molecule has 1 N–H and O–H groups in total. The maximum absolute atomic E-state index is 12.2. The van der Waals surface area contributed by atoms with E-state index < -0.39 is 6.09 Å². The van der Waals surface area contributed by atoms with Crippen LogP contribution in [-0.2, 0) is 14.4 Å². The van der Waals surface area contributed by atoms with Crippen LogP contribution in [0.4, 0.5) is 16.2 Å². The van der Waals surface area contributed by atoms with Gasteiger partial charge in [-0.25, -0.2) is 4.79 Å². The van der Waals surface area contributed by atoms with Gasteiger partial charge in [-0.3, -0.25) is 9.69 Å². The number of fused-ring (bicyclic) bond motifs is 1. The molecule has 2 aliphatic heterocycles. The Kier molecular flexibility index (Phi) is 6.42. The highest BCUT2D eigenvalue weighted by Gasteiger charge is 2.33. The summed E-state index contributed by atoms with van der Waals surface area (Å²) in [6.45, 7) is 3.61. The van der Waals surface area contributed by atoms with Crippen LogP contribution in [0.2, 0.25) is 0 Å². The number of likely N-dealkylation sites (N-methyl/N-ethyl adjacent to an activating group) is 2. The highest BCUT2D eigenvalue weighted by atomic mass is 16.6. The van der Waals surface area contributed by atoms with Crippen molar-refractivity contribution in [2.75, 3.05) is 63.8 Å². The van der Waals surface area contributed by atoms with Crippen LogP contribution in [0.5, 0.6) is 5.75 Å². The van der Waals surface area contributed by atoms with Crippen LogP contribution in [0.3, 0.4) is 0 Å². The monoisotopic (exact) mass is 405 g/mol. The lowest BCUT2D eigenvalue weighted by Gasteiger charge is -2.29. The molecule has 29 heavy (non-hydrogen) atoms. The number of cyclic esters (lactones) is 1. The average molecular weight is 405 g/mol. The van der Waals surface area contributed by atoms with E-state index in [9.17, 15) is 9.59 Å². The van der Waals surface area contributed by atoms with Crippen LogP contribution in [0.1, 0.15) is 6.92 Å². The fraction of sp³-hybridized carbons (Fsp3) is 0.526. The molecule has 1 fully saturated rings. The van der Waals surface area contributed by atoms with Gasteiger partial charge in [0.25, 0.3) is 0 Å². The molecule has 0 aromatic heterocycles. The third kappa shape index (κ3) is 5.08. The molecule has 0 unspecified atom stereocenters. The number of carbonyl (C=O) groups excluding carboxylic acids is 2. The number of hydrogen-bond donors (Lipinski definition) is 1. The third-order valence-electron chi connectivity index (χ3n) is 4.61. The number of carbonyl (C=O) groups is 2. The summed E-state index contributed by atoms with van der Waals surface area (Å²) >= 11 is 0. The predicted octanol–water partition coefficient (Wildman–Crippen LogP) is 0.868. The standard InChI is InChI=1S/C19H27N5O5/c1-13(25)20-10-15-11-24(19(26)29-15)14-5-6-16-17(9-14)27-12-18(23(16)4)21-28-8-7-22(2)3/h5-6,9,15H,7-8,10-12H2,1-4H3,(H,20,25)/t15-/m0/s1. The van der Waals surface area contributed by atoms with Crippen molar-refractivity contribution in [1.82, 2.24) is 10.2 Å². The van der Waals surface area contributed by atoms with Gasteiger partial charge in [-0.1, -0.05) is 5.16 Å². The molecule has 1 aromatic carbocycles. The molecular formula is C19H27N5O5. The first-order valence-electron chi connectivity index (χ1n) is 9.42. The number of ether oxygens (including phenoxy) is 2. The van der Waals surface area contributed by atoms with Crippen LogP contribution in [0.25, 0.3) is 0 Å². The maximum atomic E-state index is 12.2. The van der Waals surface area contributed by atoms with E-state index in [4.69, 9.17) is 14.3 Å². The Morgan fingerprint density at radius 3 is 2.93 bits per heavy atom. The van der Waals surface area contributed by atoms with Crippen LogP contribution < -0.4 is 19.9 Å². The van der Waals surface area contributed by atoms with E-state index in [1.807, 2.05) is 43.1 Å². The highest BCUT2D eigenvalue weighted by molar-refractivity contribution is 6.01. The number of amides is 2. The lowest BCUT2D eigenvalue weighted by molar-refractivity contribution is -0.119. The molecule has 0 aliphatic carbocycles. The average Bonchev–Trinajstić information content (AvgIpc) is 3.05. The van der Waals surface area contributed by atoms with E-state index in [1.54, 1.807) is 6.07 Å². The lowest BCUT2D eigenvalue weighted by atomic mass is 10.2. The van der Waals surface area contributed by atoms with Crippen molar-refractivity contribution in [3.05, 3.63) is 18.2 Å². The second-order valence-electron chi connectivity index (χ2n) is 7.20. The predicted molar refractivity (Wildman–Crippen MR) is 109 cm³/mol. The van der Waals surface area contributed by atoms with Crippen molar-refractivity contribution >= 4 is 29.2 Å². The number of anilines is 2. The molecule has 158 valence electrons. The fourth-order valence-corrected chi connectivity index (χ4v) is 2.97. The molecular weight excluding hydrogens is 378 g/mol. The molecule has 0 bridgehead atoms. The van der Waals surface area contributed by atoms with E-state index in [-0.39, 0.29) is 25.2 Å². The molecule has 10 nitrogen and oxygen atoms in total. The summed E-state index contributed by atoms with van der Waals surface area (Å²) in [7, 11) is 5.83. The number of hydrogen-bond acceptors (Lipinski definition) is 7. The zero-order valence-corrected chi connectivity index (χ0v) is 17.2. The normalized spacial score (nSPS) is 19.8. The van der Waals surface area contributed by atoms with Crippen LogP contribution in [-0.4, -0.2) is 82.8 Å². The topological polar surface area (TPSA) is 95.9 Å². The number of nitrogens with zero attached hydrogens (tertiary/aromatic N) is 4. The SMILES string of the molecule is CC(=O)NC[C@H]1CN(c2ccc3c(c2)OCC(=NOCCN(C)C)N3C)C(=O)O1. The highest BCUT2D eigenvalue weighted by Crippen LogP contribution is 2.36. The van der Waals surface area contributed by atoms with Gasteiger partial charge in [-0.05, 0) is 26.2 Å². The van der Waals surface area contributed by atoms with Gasteiger partial charge in [0.15, 0.2) is 5.84 Å². The van der Waals surface area contributed by atoms with Crippen LogP contribution in [0.15, 0.2) is 23.4 Å². The summed E-state index contributed by atoms with van der Waals surface area (Å²) in [6, 6.07) is 5.50. The maximum Gasteiger partial charge on any atom is 0.414 e. The minimum absolute atomic E-state index is 0.159. The van der Waals surface area contributed by atoms with Crippen molar-refractivity contribution in [1.29, 1.82) is 0 Å². The van der Waals surface area contributed by atoms with Crippen LogP contribution in [0, 0.1) is 0 Å². The zero-order chi connectivity index (χ0) is 21.0. The van der Waals surface area contributed by atoms with E-state index in [2.05, 4.69) is 10.5 Å². The zero-order valence-electron chi connectivity index (χ0n) is 17.2. The number of benzene rings is 1. The van der Waals surface area contributed by atoms with E-state index in [1.165, 1.54) is 11.8 Å². The number of rotatable bonds is 7. The Bertz CT molecular complexity index is 797. The van der Waals surface area contributed by atoms with Gasteiger partial charge in [0.05, 0.1) is 24.5 Å². The lowest BCUT2D eigenvalue weighted by Crippen LogP contribution is -2.36. The Morgan fingerprint density at radius 2 is 2.21 bits per heavy atom. The van der Waals surface area contributed by atoms with Gasteiger partial charge in [0, 0.05) is 26.6 Å². The van der Waals surface area contributed by atoms with Crippen LogP contribution >= 0.6 is 0 Å². The third-order valence-corrected chi connectivity index (χ3v) is 4.61. The molecule has 2 aliphatic rings. The van der Waals surface area contributed by atoms with Crippen molar-refractivity contribution < 1.29 is 23.9 Å². The van der Waals surface area contributed by atoms with E-state index >= 15 is 0 Å². The molecule has 0 saturated carbocycles. The first kappa shape index (κ1) is 20.7. The molecule has 1 saturated heterocycles. The minimum atomic E-state index is -0.444. The summed E-state index contributed by atoms with van der Waals surface area (Å²) < 4.78 is 11.1. The molecule has 2 amide bonds. The molecule has 0 radical (unpaired) electrons. The van der Waals surface area contributed by atoms with Gasteiger partial charge in [0.1, 0.15) is 25.1 Å². The molecule has 1 atom stereocenters. The Balaban J connectivity index is 1.66. The summed E-state index contributed by atoms with van der Waals surface area (Å²) in [5.74, 6) is 1.16. The second kappa shape index (κ2) is 8.99. The van der Waals surface area contributed by atoms with Gasteiger partial charge in [-0.15, -0.1) is 0 Å². The van der Waals surface area contributed by atoms with Gasteiger partial charge in [-0.2, -0.15) is 0 Å². The summed E-state index contributed by atoms with van der Waals surface area (Å²) in [6.07, 6.45) is -0.829. The number of oxime groups is 1. The summed E-state index contributed by atoms with van der Waals surface area (Å²) in [5.41, 5.74) is 1.51. The van der Waals surface area contributed by atoms with Crippen molar-refractivity contribution in [2.45, 2.75) is 13.0 Å². The van der Waals surface area contributed by atoms with Crippen molar-refractivity contribution in [3.8, 4) is 5.75 Å². The summed E-state index contributed by atoms with van der Waals surface area (Å²) in [4.78, 5) is 34.1. The Labute approximate surface area is 170 Å². The minimum Gasteiger partial charge on any atom is -0.483 e. The first-order valence-corrected chi connectivity index (χ1v) is 9.42. The van der Waals surface area contributed by atoms with E-state index in [0.717, 1.165) is 12.2 Å². The molecule has 10 heteroatoms. The fourth-order valence-electron chi connectivity index (χ4n) is 2.97. The first-order chi connectivity index (χ1) is 13.8. The number of nitrogens with one attached hydrogen (secondary N) is 1. The smallest absolute Gasteiger partial charge is 0.414 e. The molecule has 0 spiro atoms. The summed E-state index contributed by atoms with van der Waals surface area (Å²) in [5, 5.41) is 6.83. The quantitative estimate of drug-likeness (QED) is 0.531. The molecule has 1 aromatic rings. The Hall–Kier alpha value is -3.01. The molecule has 3 rings (SSSR count).